The SMILES string of the molecule is N#CC(C=O)OC(=O)N1CCCCC1. The molecule has 0 aromatic rings. The molecule has 0 aliphatic carbocycles. The smallest absolute Gasteiger partial charge is 0.411 e. The van der Waals surface area contributed by atoms with E-state index in [0.717, 1.165) is 19.3 Å². The van der Waals surface area contributed by atoms with Crippen molar-refractivity contribution in [3.63, 3.8) is 0 Å². The van der Waals surface area contributed by atoms with Gasteiger partial charge in [0.1, 0.15) is 6.07 Å². The number of carbonyl (C=O) groups is 2. The topological polar surface area (TPSA) is 70.4 Å². The van der Waals surface area contributed by atoms with Gasteiger partial charge in [0.15, 0.2) is 6.29 Å². The first kappa shape index (κ1) is 10.5. The van der Waals surface area contributed by atoms with Gasteiger partial charge in [0, 0.05) is 13.1 Å². The molecule has 0 radical (unpaired) electrons. The molecule has 14 heavy (non-hydrogen) atoms. The lowest BCUT2D eigenvalue weighted by Gasteiger charge is -2.25. The number of hydrogen-bond acceptors (Lipinski definition) is 4. The molecule has 0 aromatic heterocycles. The molecular formula is C9H12N2O3. The number of nitrogens with zero attached hydrogens (tertiary/aromatic N) is 2. The van der Waals surface area contributed by atoms with Gasteiger partial charge in [-0.3, -0.25) is 4.79 Å². The second-order valence-corrected chi connectivity index (χ2v) is 3.12. The first-order chi connectivity index (χ1) is 6.77. The van der Waals surface area contributed by atoms with Crippen LogP contribution >= 0.6 is 0 Å². The average Bonchev–Trinajstić information content (AvgIpc) is 2.26. The monoisotopic (exact) mass is 196 g/mol. The molecule has 1 fully saturated rings. The summed E-state index contributed by atoms with van der Waals surface area (Å²) in [5.74, 6) is 0. The van der Waals surface area contributed by atoms with Crippen LogP contribution < -0.4 is 0 Å². The van der Waals surface area contributed by atoms with Crippen LogP contribution in [0.2, 0.25) is 0 Å². The van der Waals surface area contributed by atoms with E-state index in [-0.39, 0.29) is 0 Å². The van der Waals surface area contributed by atoms with E-state index in [9.17, 15) is 9.59 Å². The van der Waals surface area contributed by atoms with E-state index in [1.54, 1.807) is 6.07 Å². The van der Waals surface area contributed by atoms with E-state index in [2.05, 4.69) is 4.74 Å². The summed E-state index contributed by atoms with van der Waals surface area (Å²) in [4.78, 5) is 23.1. The highest BCUT2D eigenvalue weighted by Crippen LogP contribution is 2.10. The van der Waals surface area contributed by atoms with Gasteiger partial charge in [0.2, 0.25) is 6.10 Å². The fourth-order valence-corrected chi connectivity index (χ4v) is 1.34. The normalized spacial score (nSPS) is 18.1. The van der Waals surface area contributed by atoms with Gasteiger partial charge in [-0.1, -0.05) is 0 Å². The van der Waals surface area contributed by atoms with Crippen LogP contribution in [0.4, 0.5) is 4.79 Å². The Morgan fingerprint density at radius 3 is 2.57 bits per heavy atom. The molecule has 1 aliphatic heterocycles. The molecule has 1 unspecified atom stereocenters. The second kappa shape index (κ2) is 5.22. The van der Waals surface area contributed by atoms with Gasteiger partial charge in [-0.2, -0.15) is 5.26 Å². The number of carbonyl (C=O) groups excluding carboxylic acids is 2. The molecule has 0 bridgehead atoms. The molecule has 1 amide bonds. The fraction of sp³-hybridized carbons (Fsp3) is 0.667. The zero-order valence-electron chi connectivity index (χ0n) is 7.81. The van der Waals surface area contributed by atoms with Crippen molar-refractivity contribution in [2.24, 2.45) is 0 Å². The number of ether oxygens (including phenoxy) is 1. The number of hydrogen-bond donors (Lipinski definition) is 0. The van der Waals surface area contributed by atoms with Crippen molar-refractivity contribution >= 4 is 12.4 Å². The molecule has 0 saturated carbocycles. The minimum Gasteiger partial charge on any atom is -0.423 e. The summed E-state index contributed by atoms with van der Waals surface area (Å²) in [6.07, 6.45) is 1.50. The fourth-order valence-electron chi connectivity index (χ4n) is 1.34. The molecule has 0 aromatic carbocycles. The van der Waals surface area contributed by atoms with E-state index in [4.69, 9.17) is 5.26 Å². The summed E-state index contributed by atoms with van der Waals surface area (Å²) in [5, 5.41) is 8.40. The highest BCUT2D eigenvalue weighted by Gasteiger charge is 2.20. The zero-order valence-corrected chi connectivity index (χ0v) is 7.81. The number of amides is 1. The molecule has 0 N–H and O–H groups in total. The van der Waals surface area contributed by atoms with Crippen molar-refractivity contribution in [1.82, 2.24) is 4.90 Å². The minimum absolute atomic E-state index is 0.321. The van der Waals surface area contributed by atoms with Crippen LogP contribution in [0.25, 0.3) is 0 Å². The molecule has 1 rings (SSSR count). The lowest BCUT2D eigenvalue weighted by molar-refractivity contribution is -0.113. The van der Waals surface area contributed by atoms with Crippen LogP contribution in [0.15, 0.2) is 0 Å². The molecule has 1 saturated heterocycles. The quantitative estimate of drug-likeness (QED) is 0.609. The van der Waals surface area contributed by atoms with Gasteiger partial charge in [-0.05, 0) is 19.3 Å². The van der Waals surface area contributed by atoms with Crippen molar-refractivity contribution < 1.29 is 14.3 Å². The van der Waals surface area contributed by atoms with E-state index in [0.29, 0.717) is 19.4 Å². The Balaban J connectivity index is 2.40. The van der Waals surface area contributed by atoms with Crippen LogP contribution in [-0.4, -0.2) is 36.5 Å². The van der Waals surface area contributed by atoms with Crippen molar-refractivity contribution in [2.75, 3.05) is 13.1 Å². The number of rotatable bonds is 2. The average molecular weight is 196 g/mol. The minimum atomic E-state index is -1.27. The maximum atomic E-state index is 11.3. The predicted molar refractivity (Wildman–Crippen MR) is 47.4 cm³/mol. The van der Waals surface area contributed by atoms with Crippen molar-refractivity contribution in [2.45, 2.75) is 25.4 Å². The number of likely N-dealkylation sites (tertiary alicyclic amines) is 1. The van der Waals surface area contributed by atoms with Crippen LogP contribution in [0.1, 0.15) is 19.3 Å². The predicted octanol–water partition coefficient (Wildman–Crippen LogP) is 0.700. The molecule has 1 aliphatic rings. The second-order valence-electron chi connectivity index (χ2n) is 3.12. The van der Waals surface area contributed by atoms with Crippen molar-refractivity contribution in [1.29, 1.82) is 5.26 Å². The number of piperidine rings is 1. The summed E-state index contributed by atoms with van der Waals surface area (Å²) in [6.45, 7) is 1.30. The number of aldehydes is 1. The Kier molecular flexibility index (Phi) is 3.92. The highest BCUT2D eigenvalue weighted by atomic mass is 16.6. The Hall–Kier alpha value is -1.57. The van der Waals surface area contributed by atoms with Gasteiger partial charge in [-0.15, -0.1) is 0 Å². The van der Waals surface area contributed by atoms with E-state index >= 15 is 0 Å². The molecule has 5 heteroatoms. The van der Waals surface area contributed by atoms with E-state index in [1.807, 2.05) is 0 Å². The molecule has 5 nitrogen and oxygen atoms in total. The van der Waals surface area contributed by atoms with Crippen LogP contribution in [0, 0.1) is 11.3 Å². The van der Waals surface area contributed by atoms with Crippen molar-refractivity contribution in [3.05, 3.63) is 0 Å². The summed E-state index contributed by atoms with van der Waals surface area (Å²) in [6, 6.07) is 1.58. The molecule has 76 valence electrons. The van der Waals surface area contributed by atoms with Crippen LogP contribution in [0.5, 0.6) is 0 Å². The standard InChI is InChI=1S/C9H12N2O3/c10-6-8(7-12)14-9(13)11-4-2-1-3-5-11/h7-8H,1-5H2. The zero-order chi connectivity index (χ0) is 10.4. The van der Waals surface area contributed by atoms with E-state index < -0.39 is 12.2 Å². The third-order valence-electron chi connectivity index (χ3n) is 2.09. The molecule has 0 spiro atoms. The first-order valence-corrected chi connectivity index (χ1v) is 4.58. The lowest BCUT2D eigenvalue weighted by Crippen LogP contribution is -2.38. The Labute approximate surface area is 82.2 Å². The van der Waals surface area contributed by atoms with Gasteiger partial charge in [0.05, 0.1) is 0 Å². The third kappa shape index (κ3) is 2.73. The Morgan fingerprint density at radius 1 is 1.43 bits per heavy atom. The van der Waals surface area contributed by atoms with Crippen molar-refractivity contribution in [3.8, 4) is 6.07 Å². The molecule has 1 atom stereocenters. The Morgan fingerprint density at radius 2 is 2.07 bits per heavy atom. The van der Waals surface area contributed by atoms with Gasteiger partial charge >= 0.3 is 6.09 Å². The first-order valence-electron chi connectivity index (χ1n) is 4.58. The van der Waals surface area contributed by atoms with Gasteiger partial charge in [-0.25, -0.2) is 4.79 Å². The maximum Gasteiger partial charge on any atom is 0.411 e. The molecule has 1 heterocycles. The van der Waals surface area contributed by atoms with Gasteiger partial charge < -0.3 is 9.64 Å². The summed E-state index contributed by atoms with van der Waals surface area (Å²) in [5.41, 5.74) is 0. The summed E-state index contributed by atoms with van der Waals surface area (Å²) >= 11 is 0. The molecular weight excluding hydrogens is 184 g/mol. The summed E-state index contributed by atoms with van der Waals surface area (Å²) < 4.78 is 4.65. The van der Waals surface area contributed by atoms with Crippen LogP contribution in [0.3, 0.4) is 0 Å². The van der Waals surface area contributed by atoms with Crippen LogP contribution in [-0.2, 0) is 9.53 Å². The van der Waals surface area contributed by atoms with E-state index in [1.165, 1.54) is 4.90 Å². The lowest BCUT2D eigenvalue weighted by atomic mass is 10.1. The maximum absolute atomic E-state index is 11.3. The third-order valence-corrected chi connectivity index (χ3v) is 2.09. The Bertz CT molecular complexity index is 253. The largest absolute Gasteiger partial charge is 0.423 e. The summed E-state index contributed by atoms with van der Waals surface area (Å²) in [7, 11) is 0. The van der Waals surface area contributed by atoms with Gasteiger partial charge in [0.25, 0.3) is 0 Å². The number of nitriles is 1. The highest BCUT2D eigenvalue weighted by molar-refractivity contribution is 5.72.